The highest BCUT2D eigenvalue weighted by Gasteiger charge is 2.51. The lowest BCUT2D eigenvalue weighted by Crippen LogP contribution is -2.73. The van der Waals surface area contributed by atoms with Crippen molar-refractivity contribution >= 4 is 5.91 Å². The number of hydroxylamine groups is 2. The molecule has 1 fully saturated rings. The van der Waals surface area contributed by atoms with Gasteiger partial charge in [-0.15, -0.1) is 0 Å². The molecule has 3 N–H and O–H groups in total. The largest absolute Gasteiger partial charge is 0.318 e. The second-order valence-electron chi connectivity index (χ2n) is 2.78. The van der Waals surface area contributed by atoms with Crippen LogP contribution in [0.4, 0.5) is 0 Å². The third-order valence-electron chi connectivity index (χ3n) is 1.78. The predicted octanol–water partition coefficient (Wildman–Crippen LogP) is -0.676. The average molecular weight is 130 g/mol. The molecule has 0 aromatic rings. The number of nitrogens with two attached hydrogens (primary N) is 1. The molecule has 4 heteroatoms. The third kappa shape index (κ3) is 0.571. The summed E-state index contributed by atoms with van der Waals surface area (Å²) in [6.07, 6.45) is 0. The monoisotopic (exact) mass is 130 g/mol. The second kappa shape index (κ2) is 1.46. The second-order valence-corrected chi connectivity index (χ2v) is 2.78. The van der Waals surface area contributed by atoms with Crippen LogP contribution in [0.15, 0.2) is 0 Å². The van der Waals surface area contributed by atoms with Gasteiger partial charge < -0.3 is 5.73 Å². The number of β-lactam (4-membered cyclic amide) rings is 1. The van der Waals surface area contributed by atoms with Gasteiger partial charge in [0.1, 0.15) is 6.04 Å². The molecular weight excluding hydrogens is 120 g/mol. The van der Waals surface area contributed by atoms with E-state index in [0.29, 0.717) is 5.06 Å². The van der Waals surface area contributed by atoms with E-state index in [-0.39, 0.29) is 0 Å². The summed E-state index contributed by atoms with van der Waals surface area (Å²) in [5, 5.41) is 9.48. The van der Waals surface area contributed by atoms with Crippen LogP contribution in [0.25, 0.3) is 0 Å². The Hall–Kier alpha value is -0.610. The predicted molar refractivity (Wildman–Crippen MR) is 30.7 cm³/mol. The van der Waals surface area contributed by atoms with Gasteiger partial charge in [-0.05, 0) is 13.8 Å². The van der Waals surface area contributed by atoms with Crippen LogP contribution in [-0.4, -0.2) is 27.8 Å². The fraction of sp³-hybridized carbons (Fsp3) is 0.800. The first-order valence-electron chi connectivity index (χ1n) is 2.76. The Bertz CT molecular complexity index is 141. The fourth-order valence-electron chi connectivity index (χ4n) is 0.784. The van der Waals surface area contributed by atoms with Crippen LogP contribution in [-0.2, 0) is 4.79 Å². The molecule has 0 spiro atoms. The minimum absolute atomic E-state index is 0.403. The van der Waals surface area contributed by atoms with Crippen molar-refractivity contribution < 1.29 is 10.0 Å². The van der Waals surface area contributed by atoms with E-state index in [0.717, 1.165) is 0 Å². The van der Waals surface area contributed by atoms with Gasteiger partial charge in [0.2, 0.25) is 0 Å². The maximum atomic E-state index is 10.5. The van der Waals surface area contributed by atoms with Gasteiger partial charge >= 0.3 is 0 Å². The highest BCUT2D eigenvalue weighted by molar-refractivity contribution is 5.89. The van der Waals surface area contributed by atoms with E-state index in [1.165, 1.54) is 0 Å². The van der Waals surface area contributed by atoms with Crippen molar-refractivity contribution in [1.29, 1.82) is 0 Å². The van der Waals surface area contributed by atoms with Gasteiger partial charge in [-0.1, -0.05) is 0 Å². The maximum absolute atomic E-state index is 10.5. The number of carbonyl (C=O) groups excluding carboxylic acids is 1. The lowest BCUT2D eigenvalue weighted by atomic mass is 9.86. The van der Waals surface area contributed by atoms with Crippen molar-refractivity contribution in [2.75, 3.05) is 0 Å². The zero-order chi connectivity index (χ0) is 7.23. The van der Waals surface area contributed by atoms with E-state index < -0.39 is 17.5 Å². The lowest BCUT2D eigenvalue weighted by Gasteiger charge is -2.47. The summed E-state index contributed by atoms with van der Waals surface area (Å²) in [6.45, 7) is 3.41. The summed E-state index contributed by atoms with van der Waals surface area (Å²) in [5.41, 5.74) is 4.77. The maximum Gasteiger partial charge on any atom is 0.265 e. The van der Waals surface area contributed by atoms with Crippen LogP contribution in [0.1, 0.15) is 13.8 Å². The van der Waals surface area contributed by atoms with Crippen molar-refractivity contribution in [3.05, 3.63) is 0 Å². The van der Waals surface area contributed by atoms with E-state index in [4.69, 9.17) is 10.9 Å². The number of hydrogen-bond donors (Lipinski definition) is 2. The van der Waals surface area contributed by atoms with Crippen LogP contribution in [0.3, 0.4) is 0 Å². The van der Waals surface area contributed by atoms with Gasteiger partial charge in [0.25, 0.3) is 5.91 Å². The Labute approximate surface area is 53.2 Å². The Morgan fingerprint density at radius 3 is 2.33 bits per heavy atom. The molecule has 0 aromatic heterocycles. The van der Waals surface area contributed by atoms with Gasteiger partial charge in [0, 0.05) is 0 Å². The normalized spacial score (nSPS) is 32.2. The van der Waals surface area contributed by atoms with E-state index >= 15 is 0 Å². The third-order valence-corrected chi connectivity index (χ3v) is 1.78. The molecule has 0 radical (unpaired) electrons. The van der Waals surface area contributed by atoms with Gasteiger partial charge in [0.15, 0.2) is 0 Å². The number of nitrogens with zero attached hydrogens (tertiary/aromatic N) is 1. The number of amides is 1. The molecular formula is C5H10N2O2. The first kappa shape index (κ1) is 6.51. The molecule has 1 unspecified atom stereocenters. The summed E-state index contributed by atoms with van der Waals surface area (Å²) in [7, 11) is 0. The van der Waals surface area contributed by atoms with Crippen molar-refractivity contribution in [3.63, 3.8) is 0 Å². The molecule has 0 bridgehead atoms. The van der Waals surface area contributed by atoms with Gasteiger partial charge in [-0.3, -0.25) is 10.0 Å². The molecule has 9 heavy (non-hydrogen) atoms. The number of hydrogen-bond acceptors (Lipinski definition) is 3. The van der Waals surface area contributed by atoms with Crippen molar-refractivity contribution in [2.45, 2.75) is 25.4 Å². The number of carbonyl (C=O) groups is 1. The first-order valence-corrected chi connectivity index (χ1v) is 2.76. The van der Waals surface area contributed by atoms with Crippen LogP contribution < -0.4 is 5.73 Å². The molecule has 1 heterocycles. The molecule has 52 valence electrons. The molecule has 1 aliphatic heterocycles. The van der Waals surface area contributed by atoms with Crippen molar-refractivity contribution in [3.8, 4) is 0 Å². The highest BCUT2D eigenvalue weighted by atomic mass is 16.5. The quantitative estimate of drug-likeness (QED) is 0.337. The smallest absolute Gasteiger partial charge is 0.265 e. The van der Waals surface area contributed by atoms with Crippen LogP contribution in [0.2, 0.25) is 0 Å². The van der Waals surface area contributed by atoms with Crippen LogP contribution in [0, 0.1) is 0 Å². The Kier molecular flexibility index (Phi) is 1.05. The van der Waals surface area contributed by atoms with Crippen LogP contribution in [0.5, 0.6) is 0 Å². The summed E-state index contributed by atoms with van der Waals surface area (Å²) >= 11 is 0. The molecule has 1 atom stereocenters. The first-order chi connectivity index (χ1) is 3.98. The van der Waals surface area contributed by atoms with Gasteiger partial charge in [-0.2, -0.15) is 0 Å². The zero-order valence-electron chi connectivity index (χ0n) is 5.46. The Balaban J connectivity index is 2.73. The molecule has 1 amide bonds. The molecule has 0 aliphatic carbocycles. The van der Waals surface area contributed by atoms with Crippen molar-refractivity contribution in [1.82, 2.24) is 5.06 Å². The molecule has 4 nitrogen and oxygen atoms in total. The minimum atomic E-state index is -0.572. The summed E-state index contributed by atoms with van der Waals surface area (Å²) < 4.78 is 0. The Morgan fingerprint density at radius 2 is 2.22 bits per heavy atom. The molecule has 1 saturated heterocycles. The van der Waals surface area contributed by atoms with E-state index in [2.05, 4.69) is 0 Å². The van der Waals surface area contributed by atoms with Crippen molar-refractivity contribution in [2.24, 2.45) is 5.73 Å². The van der Waals surface area contributed by atoms with Gasteiger partial charge in [0.05, 0.1) is 5.54 Å². The van der Waals surface area contributed by atoms with E-state index in [1.54, 1.807) is 13.8 Å². The summed E-state index contributed by atoms with van der Waals surface area (Å²) in [5.74, 6) is -0.403. The summed E-state index contributed by atoms with van der Waals surface area (Å²) in [4.78, 5) is 10.5. The van der Waals surface area contributed by atoms with Gasteiger partial charge in [-0.25, -0.2) is 5.06 Å². The van der Waals surface area contributed by atoms with Crippen LogP contribution >= 0.6 is 0 Å². The molecule has 0 aromatic carbocycles. The SMILES string of the molecule is CC1(C)C(N)C(=O)N1O. The molecule has 1 rings (SSSR count). The summed E-state index contributed by atoms with van der Waals surface area (Å²) in [6, 6.07) is -0.539. The lowest BCUT2D eigenvalue weighted by molar-refractivity contribution is -0.228. The number of rotatable bonds is 0. The Morgan fingerprint density at radius 1 is 1.78 bits per heavy atom. The minimum Gasteiger partial charge on any atom is -0.318 e. The van der Waals surface area contributed by atoms with E-state index in [1.807, 2.05) is 0 Å². The topological polar surface area (TPSA) is 66.6 Å². The zero-order valence-corrected chi connectivity index (χ0v) is 5.46. The molecule has 1 aliphatic rings. The fourth-order valence-corrected chi connectivity index (χ4v) is 0.784. The standard InChI is InChI=1S/C5H10N2O2/c1-5(2)3(6)4(8)7(5)9/h3,9H,6H2,1-2H3. The average Bonchev–Trinajstić information content (AvgIpc) is 1.84. The highest BCUT2D eigenvalue weighted by Crippen LogP contribution is 2.26. The van der Waals surface area contributed by atoms with E-state index in [9.17, 15) is 4.79 Å². The molecule has 0 saturated carbocycles.